The minimum atomic E-state index is -0.228. The highest BCUT2D eigenvalue weighted by molar-refractivity contribution is 7.11. The number of ether oxygens (including phenoxy) is 2. The van der Waals surface area contributed by atoms with Gasteiger partial charge in [-0.25, -0.2) is 4.98 Å². The van der Waals surface area contributed by atoms with Crippen LogP contribution in [0.3, 0.4) is 0 Å². The highest BCUT2D eigenvalue weighted by Gasteiger charge is 2.33. The van der Waals surface area contributed by atoms with Crippen LogP contribution in [0.2, 0.25) is 5.02 Å². The van der Waals surface area contributed by atoms with Crippen molar-refractivity contribution in [2.75, 3.05) is 19.7 Å². The third-order valence-electron chi connectivity index (χ3n) is 5.03. The zero-order chi connectivity index (χ0) is 20.7. The van der Waals surface area contributed by atoms with Gasteiger partial charge in [0.25, 0.3) is 0 Å². The van der Waals surface area contributed by atoms with Crippen molar-refractivity contribution in [2.45, 2.75) is 6.10 Å². The fourth-order valence-corrected chi connectivity index (χ4v) is 4.58. The number of thiazole rings is 1. The fourth-order valence-electron chi connectivity index (χ4n) is 3.55. The molecule has 0 unspecified atom stereocenters. The van der Waals surface area contributed by atoms with Crippen LogP contribution in [0.15, 0.2) is 59.7 Å². The van der Waals surface area contributed by atoms with Crippen LogP contribution in [0.5, 0.6) is 11.5 Å². The summed E-state index contributed by atoms with van der Waals surface area (Å²) in [5.41, 5.74) is 2.20. The van der Waals surface area contributed by atoms with Crippen molar-refractivity contribution in [3.05, 3.63) is 69.7 Å². The second kappa shape index (κ2) is 7.66. The quantitative estimate of drug-likeness (QED) is 0.606. The standard InChI is InChI=1S/C22H18ClN3O3S/c23-14-7-5-13(6-8-14)16-12-30-22(25-16)20-17(27)10-26(21(20)24)9-15-11-28-18-3-1-2-4-19(18)29-15/h1-8,12,15,24,27H,9-11H2/t15-/m0/s1. The van der Waals surface area contributed by atoms with Crippen molar-refractivity contribution in [1.82, 2.24) is 9.88 Å². The Labute approximate surface area is 182 Å². The van der Waals surface area contributed by atoms with Gasteiger partial charge in [-0.2, -0.15) is 0 Å². The Balaban J connectivity index is 1.31. The van der Waals surface area contributed by atoms with E-state index in [9.17, 15) is 5.11 Å². The number of nitrogens with one attached hydrogen (secondary N) is 1. The predicted octanol–water partition coefficient (Wildman–Crippen LogP) is 4.87. The third-order valence-corrected chi connectivity index (χ3v) is 6.14. The molecule has 2 aliphatic rings. The lowest BCUT2D eigenvalue weighted by atomic mass is 10.2. The molecule has 1 atom stereocenters. The number of fused-ring (bicyclic) bond motifs is 1. The van der Waals surface area contributed by atoms with Gasteiger partial charge in [0.05, 0.1) is 24.4 Å². The first-order valence-electron chi connectivity index (χ1n) is 9.45. The van der Waals surface area contributed by atoms with Gasteiger partial charge < -0.3 is 19.5 Å². The van der Waals surface area contributed by atoms with Gasteiger partial charge in [-0.15, -0.1) is 11.3 Å². The number of rotatable bonds is 4. The lowest BCUT2D eigenvalue weighted by Crippen LogP contribution is -2.42. The predicted molar refractivity (Wildman–Crippen MR) is 118 cm³/mol. The van der Waals surface area contributed by atoms with Crippen molar-refractivity contribution in [2.24, 2.45) is 0 Å². The normalized spacial score (nSPS) is 18.2. The van der Waals surface area contributed by atoms with Gasteiger partial charge in [-0.05, 0) is 24.3 Å². The van der Waals surface area contributed by atoms with Crippen LogP contribution < -0.4 is 9.47 Å². The number of benzene rings is 2. The topological polar surface area (TPSA) is 78.7 Å². The second-order valence-electron chi connectivity index (χ2n) is 7.09. The van der Waals surface area contributed by atoms with E-state index in [1.807, 2.05) is 53.9 Å². The second-order valence-corrected chi connectivity index (χ2v) is 8.39. The van der Waals surface area contributed by atoms with E-state index < -0.39 is 0 Å². The molecule has 0 amide bonds. The Morgan fingerprint density at radius 2 is 1.93 bits per heavy atom. The zero-order valence-electron chi connectivity index (χ0n) is 15.8. The summed E-state index contributed by atoms with van der Waals surface area (Å²) in [5, 5.41) is 22.4. The summed E-state index contributed by atoms with van der Waals surface area (Å²) >= 11 is 7.37. The maximum atomic E-state index is 10.6. The maximum Gasteiger partial charge on any atom is 0.161 e. The highest BCUT2D eigenvalue weighted by atomic mass is 35.5. The van der Waals surface area contributed by atoms with Crippen LogP contribution in [0, 0.1) is 5.41 Å². The van der Waals surface area contributed by atoms with Gasteiger partial charge in [0, 0.05) is 16.0 Å². The first-order valence-corrected chi connectivity index (χ1v) is 10.7. The van der Waals surface area contributed by atoms with Gasteiger partial charge in [0.2, 0.25) is 0 Å². The molecule has 0 spiro atoms. The molecule has 1 aromatic heterocycles. The number of hydrogen-bond donors (Lipinski definition) is 2. The minimum absolute atomic E-state index is 0.147. The molecule has 3 heterocycles. The van der Waals surface area contributed by atoms with Crippen molar-refractivity contribution >= 4 is 34.3 Å². The maximum absolute atomic E-state index is 10.6. The van der Waals surface area contributed by atoms with Crippen molar-refractivity contribution < 1.29 is 14.6 Å². The summed E-state index contributed by atoms with van der Waals surface area (Å²) in [4.78, 5) is 6.43. The van der Waals surface area contributed by atoms with Crippen molar-refractivity contribution in [3.63, 3.8) is 0 Å². The number of nitrogens with zero attached hydrogens (tertiary/aromatic N) is 2. The van der Waals surface area contributed by atoms with E-state index in [2.05, 4.69) is 4.98 Å². The van der Waals surface area contributed by atoms with E-state index in [1.54, 1.807) is 4.90 Å². The SMILES string of the molecule is N=C1C(c2nc(-c3ccc(Cl)cc3)cs2)=C(O)CN1C[C@H]1COc2ccccc2O1. The molecule has 5 rings (SSSR count). The largest absolute Gasteiger partial charge is 0.510 e. The first-order chi connectivity index (χ1) is 14.6. The number of halogens is 1. The summed E-state index contributed by atoms with van der Waals surface area (Å²) in [5.74, 6) is 1.81. The van der Waals surface area contributed by atoms with E-state index >= 15 is 0 Å². The van der Waals surface area contributed by atoms with E-state index in [4.69, 9.17) is 26.5 Å². The Kier molecular flexibility index (Phi) is 4.84. The fraction of sp³-hybridized carbons (Fsp3) is 0.182. The van der Waals surface area contributed by atoms with Gasteiger partial charge >= 0.3 is 0 Å². The molecular formula is C22H18ClN3O3S. The summed E-state index contributed by atoms with van der Waals surface area (Å²) in [6.45, 7) is 1.09. The zero-order valence-corrected chi connectivity index (χ0v) is 17.4. The molecule has 0 bridgehead atoms. The molecular weight excluding hydrogens is 422 g/mol. The molecule has 2 N–H and O–H groups in total. The van der Waals surface area contributed by atoms with Gasteiger partial charge in [0.1, 0.15) is 23.2 Å². The van der Waals surface area contributed by atoms with E-state index in [1.165, 1.54) is 11.3 Å². The van der Waals surface area contributed by atoms with Gasteiger partial charge in [-0.3, -0.25) is 5.41 Å². The molecule has 0 saturated carbocycles. The Morgan fingerprint density at radius 3 is 2.73 bits per heavy atom. The number of para-hydroxylation sites is 2. The average molecular weight is 440 g/mol. The highest BCUT2D eigenvalue weighted by Crippen LogP contribution is 2.34. The van der Waals surface area contributed by atoms with Crippen molar-refractivity contribution in [3.8, 4) is 22.8 Å². The summed E-state index contributed by atoms with van der Waals surface area (Å²) < 4.78 is 11.8. The first kappa shape index (κ1) is 19.0. The number of hydrogen-bond acceptors (Lipinski definition) is 6. The number of amidine groups is 1. The molecule has 30 heavy (non-hydrogen) atoms. The molecule has 2 aromatic carbocycles. The lowest BCUT2D eigenvalue weighted by molar-refractivity contribution is 0.0751. The molecule has 0 aliphatic carbocycles. The number of aliphatic hydroxyl groups excluding tert-OH is 1. The average Bonchev–Trinajstić information content (AvgIpc) is 3.33. The Bertz CT molecular complexity index is 1140. The molecule has 2 aliphatic heterocycles. The molecule has 0 saturated heterocycles. The van der Waals surface area contributed by atoms with Gasteiger partial charge in [-0.1, -0.05) is 35.9 Å². The minimum Gasteiger partial charge on any atom is -0.510 e. The molecule has 8 heteroatoms. The summed E-state index contributed by atoms with van der Waals surface area (Å²) in [6.07, 6.45) is -0.228. The molecule has 0 radical (unpaired) electrons. The molecule has 3 aromatic rings. The van der Waals surface area contributed by atoms with Crippen LogP contribution in [0.4, 0.5) is 0 Å². The van der Waals surface area contributed by atoms with Crippen LogP contribution in [0.1, 0.15) is 5.01 Å². The van der Waals surface area contributed by atoms with E-state index in [0.29, 0.717) is 34.5 Å². The number of aliphatic hydroxyl groups is 1. The lowest BCUT2D eigenvalue weighted by Gasteiger charge is -2.30. The summed E-state index contributed by atoms with van der Waals surface area (Å²) in [6, 6.07) is 15.0. The van der Waals surface area contributed by atoms with Crippen LogP contribution in [0.25, 0.3) is 16.8 Å². The van der Waals surface area contributed by atoms with E-state index in [-0.39, 0.29) is 24.2 Å². The van der Waals surface area contributed by atoms with Crippen molar-refractivity contribution in [1.29, 1.82) is 5.41 Å². The summed E-state index contributed by atoms with van der Waals surface area (Å²) in [7, 11) is 0. The van der Waals surface area contributed by atoms with Crippen LogP contribution in [-0.2, 0) is 0 Å². The third kappa shape index (κ3) is 3.51. The molecule has 6 nitrogen and oxygen atoms in total. The molecule has 152 valence electrons. The van der Waals surface area contributed by atoms with Gasteiger partial charge in [0.15, 0.2) is 17.6 Å². The molecule has 0 fully saturated rings. The van der Waals surface area contributed by atoms with Crippen LogP contribution >= 0.6 is 22.9 Å². The number of aromatic nitrogens is 1. The smallest absolute Gasteiger partial charge is 0.161 e. The Hall–Kier alpha value is -3.03. The van der Waals surface area contributed by atoms with Crippen LogP contribution in [-0.4, -0.2) is 46.6 Å². The monoisotopic (exact) mass is 439 g/mol. The Morgan fingerprint density at radius 1 is 1.17 bits per heavy atom. The van der Waals surface area contributed by atoms with E-state index in [0.717, 1.165) is 17.0 Å².